The van der Waals surface area contributed by atoms with E-state index in [9.17, 15) is 4.79 Å². The summed E-state index contributed by atoms with van der Waals surface area (Å²) in [6.45, 7) is 9.61. The highest BCUT2D eigenvalue weighted by Crippen LogP contribution is 2.12. The first-order valence-corrected chi connectivity index (χ1v) is 7.42. The molecule has 0 spiro atoms. The van der Waals surface area contributed by atoms with Crippen molar-refractivity contribution in [3.8, 4) is 0 Å². The standard InChI is InChI=1S/C14H27N3O/c1-12(2)17-10-6-13(11-17)15-7-5-14(18)16-8-3-4-9-16/h12-13,15H,3-11H2,1-2H3. The molecule has 2 saturated heterocycles. The van der Waals surface area contributed by atoms with Crippen molar-refractivity contribution in [3.63, 3.8) is 0 Å². The van der Waals surface area contributed by atoms with Gasteiger partial charge in [0.2, 0.25) is 5.91 Å². The Morgan fingerprint density at radius 2 is 2.00 bits per heavy atom. The summed E-state index contributed by atoms with van der Waals surface area (Å²) >= 11 is 0. The van der Waals surface area contributed by atoms with Crippen LogP contribution in [0.2, 0.25) is 0 Å². The molecule has 4 nitrogen and oxygen atoms in total. The lowest BCUT2D eigenvalue weighted by Gasteiger charge is -2.21. The van der Waals surface area contributed by atoms with Gasteiger partial charge in [0, 0.05) is 44.7 Å². The molecular formula is C14H27N3O. The Kier molecular flexibility index (Phi) is 5.01. The van der Waals surface area contributed by atoms with E-state index in [-0.39, 0.29) is 0 Å². The first kappa shape index (κ1) is 13.8. The second-order valence-corrected chi connectivity index (χ2v) is 5.87. The topological polar surface area (TPSA) is 35.6 Å². The zero-order valence-corrected chi connectivity index (χ0v) is 11.8. The molecule has 2 aliphatic rings. The summed E-state index contributed by atoms with van der Waals surface area (Å²) in [5.74, 6) is 0.332. The Hall–Kier alpha value is -0.610. The molecule has 1 atom stereocenters. The third kappa shape index (κ3) is 3.69. The van der Waals surface area contributed by atoms with Gasteiger partial charge >= 0.3 is 0 Å². The Morgan fingerprint density at radius 1 is 1.28 bits per heavy atom. The zero-order valence-electron chi connectivity index (χ0n) is 11.8. The molecule has 2 fully saturated rings. The van der Waals surface area contributed by atoms with E-state index >= 15 is 0 Å². The van der Waals surface area contributed by atoms with E-state index in [1.165, 1.54) is 25.8 Å². The van der Waals surface area contributed by atoms with Crippen LogP contribution in [0.25, 0.3) is 0 Å². The smallest absolute Gasteiger partial charge is 0.223 e. The van der Waals surface area contributed by atoms with Crippen molar-refractivity contribution < 1.29 is 4.79 Å². The third-order valence-electron chi connectivity index (χ3n) is 4.18. The van der Waals surface area contributed by atoms with Crippen LogP contribution >= 0.6 is 0 Å². The predicted octanol–water partition coefficient (Wildman–Crippen LogP) is 1.07. The van der Waals surface area contributed by atoms with Gasteiger partial charge in [-0.25, -0.2) is 0 Å². The van der Waals surface area contributed by atoms with Gasteiger partial charge in [0.1, 0.15) is 0 Å². The van der Waals surface area contributed by atoms with E-state index in [1.54, 1.807) is 0 Å². The van der Waals surface area contributed by atoms with Gasteiger partial charge in [-0.15, -0.1) is 0 Å². The number of hydrogen-bond donors (Lipinski definition) is 1. The largest absolute Gasteiger partial charge is 0.343 e. The van der Waals surface area contributed by atoms with Gasteiger partial charge in [-0.05, 0) is 39.7 Å². The summed E-state index contributed by atoms with van der Waals surface area (Å²) in [5, 5.41) is 3.53. The molecule has 0 aromatic carbocycles. The quantitative estimate of drug-likeness (QED) is 0.796. The van der Waals surface area contributed by atoms with Crippen molar-refractivity contribution >= 4 is 5.91 Å². The summed E-state index contributed by atoms with van der Waals surface area (Å²) in [7, 11) is 0. The monoisotopic (exact) mass is 253 g/mol. The Bertz CT molecular complexity index is 274. The number of likely N-dealkylation sites (tertiary alicyclic amines) is 2. The molecule has 2 aliphatic heterocycles. The molecule has 104 valence electrons. The summed E-state index contributed by atoms with van der Waals surface area (Å²) in [6.07, 6.45) is 4.25. The fourth-order valence-electron chi connectivity index (χ4n) is 2.93. The van der Waals surface area contributed by atoms with Crippen molar-refractivity contribution in [3.05, 3.63) is 0 Å². The average molecular weight is 253 g/mol. The fraction of sp³-hybridized carbons (Fsp3) is 0.929. The van der Waals surface area contributed by atoms with Crippen LogP contribution in [0.3, 0.4) is 0 Å². The first-order chi connectivity index (χ1) is 8.66. The highest BCUT2D eigenvalue weighted by Gasteiger charge is 2.24. The van der Waals surface area contributed by atoms with Crippen LogP contribution < -0.4 is 5.32 Å². The van der Waals surface area contributed by atoms with Crippen LogP contribution in [-0.2, 0) is 4.79 Å². The van der Waals surface area contributed by atoms with E-state index in [0.717, 1.165) is 26.2 Å². The maximum Gasteiger partial charge on any atom is 0.223 e. The lowest BCUT2D eigenvalue weighted by atomic mass is 10.2. The number of nitrogens with one attached hydrogen (secondary N) is 1. The number of amides is 1. The number of hydrogen-bond acceptors (Lipinski definition) is 3. The van der Waals surface area contributed by atoms with Gasteiger partial charge in [-0.1, -0.05) is 0 Å². The molecule has 2 rings (SSSR count). The third-order valence-corrected chi connectivity index (χ3v) is 4.18. The first-order valence-electron chi connectivity index (χ1n) is 7.42. The van der Waals surface area contributed by atoms with Crippen LogP contribution in [-0.4, -0.2) is 60.5 Å². The maximum absolute atomic E-state index is 11.9. The molecule has 0 aromatic heterocycles. The molecule has 0 bridgehead atoms. The summed E-state index contributed by atoms with van der Waals surface area (Å²) in [4.78, 5) is 16.4. The van der Waals surface area contributed by atoms with Crippen LogP contribution in [0, 0.1) is 0 Å². The highest BCUT2D eigenvalue weighted by atomic mass is 16.2. The molecule has 0 radical (unpaired) electrons. The molecule has 2 heterocycles. The minimum atomic E-state index is 0.332. The lowest BCUT2D eigenvalue weighted by Crippen LogP contribution is -2.37. The van der Waals surface area contributed by atoms with Crippen molar-refractivity contribution in [1.29, 1.82) is 0 Å². The molecule has 0 saturated carbocycles. The molecule has 18 heavy (non-hydrogen) atoms. The van der Waals surface area contributed by atoms with Gasteiger partial charge in [0.15, 0.2) is 0 Å². The normalized spacial score (nSPS) is 25.3. The van der Waals surface area contributed by atoms with Gasteiger partial charge in [-0.3, -0.25) is 9.69 Å². The predicted molar refractivity (Wildman–Crippen MR) is 73.5 cm³/mol. The maximum atomic E-state index is 11.9. The second-order valence-electron chi connectivity index (χ2n) is 5.87. The molecule has 0 aliphatic carbocycles. The lowest BCUT2D eigenvalue weighted by molar-refractivity contribution is -0.130. The van der Waals surface area contributed by atoms with Crippen LogP contribution in [0.1, 0.15) is 39.5 Å². The Morgan fingerprint density at radius 3 is 2.61 bits per heavy atom. The van der Waals surface area contributed by atoms with E-state index in [0.29, 0.717) is 24.4 Å². The van der Waals surface area contributed by atoms with Gasteiger partial charge in [0.25, 0.3) is 0 Å². The second kappa shape index (κ2) is 6.53. The molecule has 0 aromatic rings. The van der Waals surface area contributed by atoms with Crippen molar-refractivity contribution in [2.45, 2.75) is 51.6 Å². The minimum Gasteiger partial charge on any atom is -0.343 e. The van der Waals surface area contributed by atoms with Gasteiger partial charge in [-0.2, -0.15) is 0 Å². The summed E-state index contributed by atoms with van der Waals surface area (Å²) in [6, 6.07) is 1.22. The van der Waals surface area contributed by atoms with E-state index < -0.39 is 0 Å². The number of carbonyl (C=O) groups is 1. The highest BCUT2D eigenvalue weighted by molar-refractivity contribution is 5.76. The van der Waals surface area contributed by atoms with E-state index in [2.05, 4.69) is 24.1 Å². The molecular weight excluding hydrogens is 226 g/mol. The molecule has 1 amide bonds. The zero-order chi connectivity index (χ0) is 13.0. The van der Waals surface area contributed by atoms with Crippen molar-refractivity contribution in [2.24, 2.45) is 0 Å². The SMILES string of the molecule is CC(C)N1CCC(NCCC(=O)N2CCCC2)C1. The summed E-state index contributed by atoms with van der Waals surface area (Å²) < 4.78 is 0. The number of carbonyl (C=O) groups excluding carboxylic acids is 1. The molecule has 1 N–H and O–H groups in total. The number of nitrogens with zero attached hydrogens (tertiary/aromatic N) is 2. The molecule has 1 unspecified atom stereocenters. The fourth-order valence-corrected chi connectivity index (χ4v) is 2.93. The van der Waals surface area contributed by atoms with Gasteiger partial charge < -0.3 is 10.2 Å². The Labute approximate surface area is 111 Å². The number of rotatable bonds is 5. The summed E-state index contributed by atoms with van der Waals surface area (Å²) in [5.41, 5.74) is 0. The van der Waals surface area contributed by atoms with Crippen LogP contribution in [0.15, 0.2) is 0 Å². The van der Waals surface area contributed by atoms with E-state index in [4.69, 9.17) is 0 Å². The van der Waals surface area contributed by atoms with Crippen LogP contribution in [0.4, 0.5) is 0 Å². The molecule has 4 heteroatoms. The Balaban J connectivity index is 1.59. The van der Waals surface area contributed by atoms with Crippen molar-refractivity contribution in [2.75, 3.05) is 32.7 Å². The van der Waals surface area contributed by atoms with E-state index in [1.807, 2.05) is 4.90 Å². The average Bonchev–Trinajstić information content (AvgIpc) is 3.00. The van der Waals surface area contributed by atoms with Crippen molar-refractivity contribution in [1.82, 2.24) is 15.1 Å². The minimum absolute atomic E-state index is 0.332. The van der Waals surface area contributed by atoms with Gasteiger partial charge in [0.05, 0.1) is 0 Å². The van der Waals surface area contributed by atoms with Crippen LogP contribution in [0.5, 0.6) is 0 Å².